The molecule has 0 aromatic heterocycles. The first-order chi connectivity index (χ1) is 12.5. The van der Waals surface area contributed by atoms with Gasteiger partial charge in [-0.1, -0.05) is 29.3 Å². The lowest BCUT2D eigenvalue weighted by atomic mass is 10.1. The number of morpholine rings is 1. The zero-order chi connectivity index (χ0) is 18.7. The number of nitro benzene ring substituents is 1. The van der Waals surface area contributed by atoms with Crippen molar-refractivity contribution in [3.8, 4) is 0 Å². The molecule has 0 bridgehead atoms. The maximum Gasteiger partial charge on any atom is 0.288 e. The number of anilines is 2. The van der Waals surface area contributed by atoms with Crippen molar-refractivity contribution in [1.82, 2.24) is 0 Å². The van der Waals surface area contributed by atoms with Crippen LogP contribution >= 0.6 is 23.2 Å². The molecule has 26 heavy (non-hydrogen) atoms. The Balaban J connectivity index is 1.89. The van der Waals surface area contributed by atoms with E-state index in [9.17, 15) is 14.9 Å². The fraction of sp³-hybridized carbons (Fsp3) is 0.235. The standard InChI is InChI=1S/C17H15Cl2N3O4/c18-12-5-4-11(10-15(12)22(24)25)17(23)20-14-3-1-2-13(19)16(14)21-6-8-26-9-7-21/h1-5,10H,6-9H2,(H,20,23). The Bertz CT molecular complexity index is 854. The second-order valence-electron chi connectivity index (χ2n) is 5.61. The van der Waals surface area contributed by atoms with Gasteiger partial charge >= 0.3 is 0 Å². The molecule has 1 saturated heterocycles. The van der Waals surface area contributed by atoms with Gasteiger partial charge in [0.05, 0.1) is 34.5 Å². The van der Waals surface area contributed by atoms with Gasteiger partial charge in [-0.3, -0.25) is 14.9 Å². The summed E-state index contributed by atoms with van der Waals surface area (Å²) in [6, 6.07) is 9.12. The van der Waals surface area contributed by atoms with E-state index in [1.165, 1.54) is 12.1 Å². The Morgan fingerprint density at radius 3 is 2.58 bits per heavy atom. The SMILES string of the molecule is O=C(Nc1cccc(Cl)c1N1CCOCC1)c1ccc(Cl)c([N+](=O)[O-])c1. The molecule has 9 heteroatoms. The van der Waals surface area contributed by atoms with E-state index in [-0.39, 0.29) is 16.3 Å². The number of ether oxygens (including phenoxy) is 1. The molecule has 0 atom stereocenters. The molecule has 0 aliphatic carbocycles. The third-order valence-electron chi connectivity index (χ3n) is 3.97. The van der Waals surface area contributed by atoms with Crippen LogP contribution in [0.1, 0.15) is 10.4 Å². The van der Waals surface area contributed by atoms with E-state index in [1.807, 2.05) is 4.90 Å². The fourth-order valence-electron chi connectivity index (χ4n) is 2.71. The van der Waals surface area contributed by atoms with Gasteiger partial charge < -0.3 is 15.0 Å². The third-order valence-corrected chi connectivity index (χ3v) is 4.59. The number of amides is 1. The summed E-state index contributed by atoms with van der Waals surface area (Å²) in [6.45, 7) is 2.45. The van der Waals surface area contributed by atoms with Crippen molar-refractivity contribution in [1.29, 1.82) is 0 Å². The molecule has 136 valence electrons. The van der Waals surface area contributed by atoms with Crippen LogP contribution < -0.4 is 10.2 Å². The van der Waals surface area contributed by atoms with Crippen LogP contribution in [0.3, 0.4) is 0 Å². The molecular formula is C17H15Cl2N3O4. The van der Waals surface area contributed by atoms with Crippen LogP contribution in [-0.2, 0) is 4.74 Å². The lowest BCUT2D eigenvalue weighted by Gasteiger charge is -2.31. The first-order valence-electron chi connectivity index (χ1n) is 7.84. The summed E-state index contributed by atoms with van der Waals surface area (Å²) < 4.78 is 5.35. The van der Waals surface area contributed by atoms with E-state index in [0.29, 0.717) is 42.7 Å². The molecule has 7 nitrogen and oxygen atoms in total. The van der Waals surface area contributed by atoms with Gasteiger partial charge in [-0.2, -0.15) is 0 Å². The van der Waals surface area contributed by atoms with Crippen LogP contribution in [0.5, 0.6) is 0 Å². The molecule has 1 aliphatic heterocycles. The van der Waals surface area contributed by atoms with E-state index >= 15 is 0 Å². The minimum Gasteiger partial charge on any atom is -0.378 e. The summed E-state index contributed by atoms with van der Waals surface area (Å²) in [5, 5.41) is 14.3. The molecule has 0 unspecified atom stereocenters. The number of halogens is 2. The largest absolute Gasteiger partial charge is 0.378 e. The second kappa shape index (κ2) is 7.90. The van der Waals surface area contributed by atoms with Crippen LogP contribution in [0.15, 0.2) is 36.4 Å². The van der Waals surface area contributed by atoms with Crippen molar-refractivity contribution < 1.29 is 14.5 Å². The van der Waals surface area contributed by atoms with Crippen LogP contribution in [0.4, 0.5) is 17.1 Å². The number of para-hydroxylation sites is 1. The van der Waals surface area contributed by atoms with Gasteiger partial charge in [0.1, 0.15) is 5.02 Å². The third kappa shape index (κ3) is 3.90. The molecule has 1 amide bonds. The van der Waals surface area contributed by atoms with Crippen molar-refractivity contribution in [3.63, 3.8) is 0 Å². The number of nitro groups is 1. The van der Waals surface area contributed by atoms with Gasteiger partial charge in [0, 0.05) is 24.7 Å². The number of nitrogens with one attached hydrogen (secondary N) is 1. The van der Waals surface area contributed by atoms with E-state index in [4.69, 9.17) is 27.9 Å². The molecule has 0 spiro atoms. The normalized spacial score (nSPS) is 14.2. The fourth-order valence-corrected chi connectivity index (χ4v) is 3.19. The molecule has 2 aromatic rings. The molecule has 1 heterocycles. The van der Waals surface area contributed by atoms with Gasteiger partial charge in [0.25, 0.3) is 11.6 Å². The van der Waals surface area contributed by atoms with Crippen molar-refractivity contribution in [2.24, 2.45) is 0 Å². The number of rotatable bonds is 4. The van der Waals surface area contributed by atoms with E-state index in [2.05, 4.69) is 5.32 Å². The maximum atomic E-state index is 12.6. The molecule has 0 saturated carbocycles. The minimum atomic E-state index is -0.627. The molecule has 1 aliphatic rings. The monoisotopic (exact) mass is 395 g/mol. The maximum absolute atomic E-state index is 12.6. The Labute approximate surface area is 159 Å². The smallest absolute Gasteiger partial charge is 0.288 e. The minimum absolute atomic E-state index is 0.0247. The highest BCUT2D eigenvalue weighted by Crippen LogP contribution is 2.35. The quantitative estimate of drug-likeness (QED) is 0.624. The molecule has 0 radical (unpaired) electrons. The van der Waals surface area contributed by atoms with Crippen molar-refractivity contribution in [2.45, 2.75) is 0 Å². The highest BCUT2D eigenvalue weighted by atomic mass is 35.5. The molecule has 3 rings (SSSR count). The average Bonchev–Trinajstić information content (AvgIpc) is 2.62. The predicted molar refractivity (Wildman–Crippen MR) is 101 cm³/mol. The topological polar surface area (TPSA) is 84.7 Å². The van der Waals surface area contributed by atoms with Gasteiger partial charge in [-0.25, -0.2) is 0 Å². The number of hydrogen-bond donors (Lipinski definition) is 1. The van der Waals surface area contributed by atoms with Crippen molar-refractivity contribution in [2.75, 3.05) is 36.5 Å². The molecule has 1 fully saturated rings. The summed E-state index contributed by atoms with van der Waals surface area (Å²) in [5.74, 6) is -0.485. The molecule has 1 N–H and O–H groups in total. The number of carbonyl (C=O) groups is 1. The predicted octanol–water partition coefficient (Wildman–Crippen LogP) is 3.99. The van der Waals surface area contributed by atoms with E-state index < -0.39 is 10.8 Å². The Morgan fingerprint density at radius 2 is 1.88 bits per heavy atom. The summed E-state index contributed by atoms with van der Waals surface area (Å²) in [6.07, 6.45) is 0. The van der Waals surface area contributed by atoms with Gasteiger partial charge in [-0.15, -0.1) is 0 Å². The highest BCUT2D eigenvalue weighted by molar-refractivity contribution is 6.34. The Hall–Kier alpha value is -2.35. The van der Waals surface area contributed by atoms with Crippen LogP contribution in [0, 0.1) is 10.1 Å². The van der Waals surface area contributed by atoms with Crippen LogP contribution in [-0.4, -0.2) is 37.1 Å². The first kappa shape index (κ1) is 18.4. The zero-order valence-corrected chi connectivity index (χ0v) is 15.1. The second-order valence-corrected chi connectivity index (χ2v) is 6.43. The number of carbonyl (C=O) groups excluding carboxylic acids is 1. The average molecular weight is 396 g/mol. The summed E-state index contributed by atoms with van der Waals surface area (Å²) >= 11 is 12.1. The molecular weight excluding hydrogens is 381 g/mol. The van der Waals surface area contributed by atoms with Gasteiger partial charge in [-0.05, 0) is 24.3 Å². The number of hydrogen-bond acceptors (Lipinski definition) is 5. The van der Waals surface area contributed by atoms with E-state index in [0.717, 1.165) is 6.07 Å². The van der Waals surface area contributed by atoms with Crippen LogP contribution in [0.2, 0.25) is 10.0 Å². The van der Waals surface area contributed by atoms with Gasteiger partial charge in [0.15, 0.2) is 0 Å². The number of nitrogens with zero attached hydrogens (tertiary/aromatic N) is 2. The van der Waals surface area contributed by atoms with Gasteiger partial charge in [0.2, 0.25) is 0 Å². The first-order valence-corrected chi connectivity index (χ1v) is 8.59. The zero-order valence-electron chi connectivity index (χ0n) is 13.6. The lowest BCUT2D eigenvalue weighted by Crippen LogP contribution is -2.37. The summed E-state index contributed by atoms with van der Waals surface area (Å²) in [5.41, 5.74) is 1.05. The summed E-state index contributed by atoms with van der Waals surface area (Å²) in [7, 11) is 0. The van der Waals surface area contributed by atoms with Crippen molar-refractivity contribution in [3.05, 3.63) is 62.1 Å². The Morgan fingerprint density at radius 1 is 1.15 bits per heavy atom. The Kier molecular flexibility index (Phi) is 5.61. The van der Waals surface area contributed by atoms with Crippen molar-refractivity contribution >= 4 is 46.2 Å². The number of benzene rings is 2. The summed E-state index contributed by atoms with van der Waals surface area (Å²) in [4.78, 5) is 25.0. The van der Waals surface area contributed by atoms with E-state index in [1.54, 1.807) is 18.2 Å². The lowest BCUT2D eigenvalue weighted by molar-refractivity contribution is -0.384. The van der Waals surface area contributed by atoms with Crippen LogP contribution in [0.25, 0.3) is 0 Å². The molecule has 2 aromatic carbocycles. The highest BCUT2D eigenvalue weighted by Gasteiger charge is 2.21.